The van der Waals surface area contributed by atoms with Crippen LogP contribution in [0.15, 0.2) is 0 Å². The van der Waals surface area contributed by atoms with Gasteiger partial charge in [0.15, 0.2) is 0 Å². The molecule has 0 radical (unpaired) electrons. The van der Waals surface area contributed by atoms with Crippen LogP contribution in [-0.2, 0) is 4.74 Å². The molecule has 1 atom stereocenters. The van der Waals surface area contributed by atoms with Gasteiger partial charge in [-0.2, -0.15) is 0 Å². The van der Waals surface area contributed by atoms with Crippen molar-refractivity contribution < 1.29 is 4.74 Å². The zero-order valence-corrected chi connectivity index (χ0v) is 10.8. The normalized spacial score (nSPS) is 22.0. The van der Waals surface area contributed by atoms with E-state index in [1.807, 2.05) is 0 Å². The predicted molar refractivity (Wildman–Crippen MR) is 64.2 cm³/mol. The van der Waals surface area contributed by atoms with Crippen LogP contribution in [0.25, 0.3) is 0 Å². The van der Waals surface area contributed by atoms with Gasteiger partial charge in [-0.3, -0.25) is 4.90 Å². The Morgan fingerprint density at radius 1 is 1.20 bits per heavy atom. The molecule has 1 rings (SSSR count). The minimum atomic E-state index is 0.201. The van der Waals surface area contributed by atoms with E-state index >= 15 is 0 Å². The molecule has 0 bridgehead atoms. The molecule has 0 amide bonds. The number of nitrogens with one attached hydrogen (secondary N) is 1. The molecule has 15 heavy (non-hydrogen) atoms. The summed E-state index contributed by atoms with van der Waals surface area (Å²) in [5.74, 6) is 0.646. The Hall–Kier alpha value is -0.120. The van der Waals surface area contributed by atoms with Gasteiger partial charge in [-0.1, -0.05) is 13.8 Å². The van der Waals surface area contributed by atoms with Crippen LogP contribution in [0.3, 0.4) is 0 Å². The van der Waals surface area contributed by atoms with Gasteiger partial charge >= 0.3 is 0 Å². The van der Waals surface area contributed by atoms with Crippen LogP contribution >= 0.6 is 0 Å². The van der Waals surface area contributed by atoms with Crippen molar-refractivity contribution in [2.45, 2.75) is 39.3 Å². The lowest BCUT2D eigenvalue weighted by Gasteiger charge is -2.47. The average Bonchev–Trinajstić information content (AvgIpc) is 2.19. The first-order chi connectivity index (χ1) is 7.00. The van der Waals surface area contributed by atoms with E-state index in [1.165, 1.54) is 0 Å². The fourth-order valence-electron chi connectivity index (χ4n) is 2.84. The predicted octanol–water partition coefficient (Wildman–Crippen LogP) is 1.34. The fraction of sp³-hybridized carbons (Fsp3) is 1.00. The number of rotatable bonds is 4. The van der Waals surface area contributed by atoms with Gasteiger partial charge in [0.05, 0.1) is 13.2 Å². The third kappa shape index (κ3) is 2.92. The van der Waals surface area contributed by atoms with E-state index in [4.69, 9.17) is 4.74 Å². The topological polar surface area (TPSA) is 24.5 Å². The first-order valence-electron chi connectivity index (χ1n) is 6.00. The molecule has 0 saturated carbocycles. The van der Waals surface area contributed by atoms with Gasteiger partial charge < -0.3 is 10.1 Å². The van der Waals surface area contributed by atoms with E-state index in [2.05, 4.69) is 45.0 Å². The number of hydrogen-bond donors (Lipinski definition) is 1. The Bertz CT molecular complexity index is 186. The van der Waals surface area contributed by atoms with Crippen molar-refractivity contribution in [2.24, 2.45) is 5.92 Å². The highest BCUT2D eigenvalue weighted by Crippen LogP contribution is 2.24. The Kier molecular flexibility index (Phi) is 4.56. The Balaban J connectivity index is 2.68. The maximum absolute atomic E-state index is 5.41. The number of morpholine rings is 1. The molecule has 0 spiro atoms. The van der Waals surface area contributed by atoms with Crippen LogP contribution < -0.4 is 5.32 Å². The lowest BCUT2D eigenvalue weighted by Crippen LogP contribution is -2.61. The summed E-state index contributed by atoms with van der Waals surface area (Å²) in [6.45, 7) is 13.1. The number of likely N-dealkylation sites (N-methyl/N-ethyl adjacent to an activating group) is 1. The summed E-state index contributed by atoms with van der Waals surface area (Å²) in [6.07, 6.45) is 0. The summed E-state index contributed by atoms with van der Waals surface area (Å²) in [4.78, 5) is 2.54. The maximum Gasteiger partial charge on any atom is 0.0594 e. The summed E-state index contributed by atoms with van der Waals surface area (Å²) >= 11 is 0. The van der Waals surface area contributed by atoms with Gasteiger partial charge in [-0.25, -0.2) is 0 Å². The van der Waals surface area contributed by atoms with Crippen LogP contribution in [-0.4, -0.2) is 49.8 Å². The van der Waals surface area contributed by atoms with Crippen LogP contribution in [0.5, 0.6) is 0 Å². The standard InChI is InChI=1S/C12H26N2O/c1-10(2)11(13-5)12(3,4)14-6-8-15-9-7-14/h10-11,13H,6-9H2,1-5H3. The van der Waals surface area contributed by atoms with Gasteiger partial charge in [0.2, 0.25) is 0 Å². The molecule has 1 saturated heterocycles. The lowest BCUT2D eigenvalue weighted by molar-refractivity contribution is -0.0284. The van der Waals surface area contributed by atoms with Gasteiger partial charge in [0.25, 0.3) is 0 Å². The molecule has 1 aliphatic rings. The molecule has 1 N–H and O–H groups in total. The molecular formula is C12H26N2O. The maximum atomic E-state index is 5.41. The van der Waals surface area contributed by atoms with Crippen LogP contribution in [0.4, 0.5) is 0 Å². The highest BCUT2D eigenvalue weighted by atomic mass is 16.5. The molecule has 1 heterocycles. The summed E-state index contributed by atoms with van der Waals surface area (Å²) in [6, 6.07) is 0.524. The van der Waals surface area contributed by atoms with Crippen LogP contribution in [0, 0.1) is 5.92 Å². The van der Waals surface area contributed by atoms with Crippen molar-refractivity contribution in [1.29, 1.82) is 0 Å². The largest absolute Gasteiger partial charge is 0.379 e. The van der Waals surface area contributed by atoms with E-state index in [0.29, 0.717) is 12.0 Å². The van der Waals surface area contributed by atoms with Crippen molar-refractivity contribution in [3.63, 3.8) is 0 Å². The van der Waals surface area contributed by atoms with Gasteiger partial charge in [-0.05, 0) is 26.8 Å². The zero-order valence-electron chi connectivity index (χ0n) is 10.8. The highest BCUT2D eigenvalue weighted by Gasteiger charge is 2.36. The Labute approximate surface area is 94.2 Å². The van der Waals surface area contributed by atoms with E-state index in [1.54, 1.807) is 0 Å². The van der Waals surface area contributed by atoms with Crippen molar-refractivity contribution in [3.05, 3.63) is 0 Å². The SMILES string of the molecule is CNC(C(C)C)C(C)(C)N1CCOCC1. The second-order valence-corrected chi connectivity index (χ2v) is 5.26. The molecule has 3 nitrogen and oxygen atoms in total. The minimum Gasteiger partial charge on any atom is -0.379 e. The molecule has 1 fully saturated rings. The molecule has 3 heteroatoms. The van der Waals surface area contributed by atoms with E-state index in [-0.39, 0.29) is 5.54 Å². The van der Waals surface area contributed by atoms with E-state index < -0.39 is 0 Å². The van der Waals surface area contributed by atoms with Gasteiger partial charge in [0.1, 0.15) is 0 Å². The molecule has 90 valence electrons. The molecule has 0 aromatic rings. The monoisotopic (exact) mass is 214 g/mol. The second-order valence-electron chi connectivity index (χ2n) is 5.26. The Morgan fingerprint density at radius 3 is 2.13 bits per heavy atom. The summed E-state index contributed by atoms with van der Waals surface area (Å²) < 4.78 is 5.41. The van der Waals surface area contributed by atoms with Gasteiger partial charge in [-0.15, -0.1) is 0 Å². The van der Waals surface area contributed by atoms with Crippen molar-refractivity contribution >= 4 is 0 Å². The van der Waals surface area contributed by atoms with Gasteiger partial charge in [0, 0.05) is 24.7 Å². The number of ether oxygens (including phenoxy) is 1. The van der Waals surface area contributed by atoms with Crippen LogP contribution in [0.1, 0.15) is 27.7 Å². The molecule has 0 aromatic carbocycles. The van der Waals surface area contributed by atoms with E-state index in [9.17, 15) is 0 Å². The fourth-order valence-corrected chi connectivity index (χ4v) is 2.84. The van der Waals surface area contributed by atoms with Crippen LogP contribution in [0.2, 0.25) is 0 Å². The smallest absolute Gasteiger partial charge is 0.0594 e. The molecule has 1 aliphatic heterocycles. The first kappa shape index (κ1) is 12.9. The van der Waals surface area contributed by atoms with Crippen molar-refractivity contribution in [1.82, 2.24) is 10.2 Å². The zero-order chi connectivity index (χ0) is 11.5. The second kappa shape index (κ2) is 5.28. The summed E-state index contributed by atoms with van der Waals surface area (Å²) in [5, 5.41) is 3.46. The third-order valence-electron chi connectivity index (χ3n) is 3.56. The number of nitrogens with zero attached hydrogens (tertiary/aromatic N) is 1. The summed E-state index contributed by atoms with van der Waals surface area (Å²) in [5.41, 5.74) is 0.201. The molecule has 0 aliphatic carbocycles. The minimum absolute atomic E-state index is 0.201. The number of hydrogen-bond acceptors (Lipinski definition) is 3. The highest BCUT2D eigenvalue weighted by molar-refractivity contribution is 4.95. The summed E-state index contributed by atoms with van der Waals surface area (Å²) in [7, 11) is 2.06. The average molecular weight is 214 g/mol. The Morgan fingerprint density at radius 2 is 1.73 bits per heavy atom. The molecule has 0 aromatic heterocycles. The quantitative estimate of drug-likeness (QED) is 0.764. The lowest BCUT2D eigenvalue weighted by atomic mass is 9.84. The molecular weight excluding hydrogens is 188 g/mol. The first-order valence-corrected chi connectivity index (χ1v) is 6.00. The van der Waals surface area contributed by atoms with Crippen molar-refractivity contribution in [3.8, 4) is 0 Å². The van der Waals surface area contributed by atoms with E-state index in [0.717, 1.165) is 26.3 Å². The third-order valence-corrected chi connectivity index (χ3v) is 3.56. The van der Waals surface area contributed by atoms with Crippen molar-refractivity contribution in [2.75, 3.05) is 33.4 Å². The molecule has 1 unspecified atom stereocenters.